The second-order valence-corrected chi connectivity index (χ2v) is 13.9. The number of sulfonamides is 1. The maximum atomic E-state index is 13.7. The fourth-order valence-corrected chi connectivity index (χ4v) is 7.64. The molecule has 10 N–H and O–H groups in total. The van der Waals surface area contributed by atoms with Gasteiger partial charge in [0.2, 0.25) is 11.7 Å². The Balaban J connectivity index is 0.000000232. The standard InChI is InChI=1S/C22H24N2O8.C10H10N4O2S/c1-21(31)8-5-4-6-11(25)12(8)16(26)13-9(21)7-10-15(24(2)3)17(27)14(20(23)30)19(29)22(10,32)18(13)28;11-8-2-4-9(5-3-8)17(15,16)14-10-12-6-1-7-13-10/h4-6,9-10,15,25-26,29,31-32H,7H2,1-3H3,(H2,23,30);1-7H,11H2,(H,12,13,14)/t9-,10-,15-,21+,22-;/m0./s1. The third-order valence-electron chi connectivity index (χ3n) is 9.00. The Hall–Kier alpha value is -5.36. The van der Waals surface area contributed by atoms with E-state index in [-0.39, 0.29) is 28.4 Å². The van der Waals surface area contributed by atoms with E-state index in [1.54, 1.807) is 6.07 Å². The Kier molecular flexibility index (Phi) is 8.75. The molecule has 17 heteroatoms. The lowest BCUT2D eigenvalue weighted by molar-refractivity contribution is -0.159. The molecule has 6 rings (SSSR count). The fraction of sp³-hybridized carbons (Fsp3) is 0.281. The first-order valence-corrected chi connectivity index (χ1v) is 16.2. The minimum absolute atomic E-state index is 0.0318. The first-order valence-electron chi connectivity index (χ1n) is 14.7. The minimum Gasteiger partial charge on any atom is -0.508 e. The summed E-state index contributed by atoms with van der Waals surface area (Å²) in [5.74, 6) is -7.87. The van der Waals surface area contributed by atoms with E-state index < -0.39 is 85.0 Å². The Labute approximate surface area is 280 Å². The van der Waals surface area contributed by atoms with Gasteiger partial charge in [-0.15, -0.1) is 0 Å². The molecule has 5 atom stereocenters. The molecular formula is C32H34N6O10S. The van der Waals surface area contributed by atoms with Crippen molar-refractivity contribution in [2.45, 2.75) is 35.5 Å². The Bertz CT molecular complexity index is 2030. The van der Waals surface area contributed by atoms with Gasteiger partial charge in [-0.25, -0.2) is 23.1 Å². The van der Waals surface area contributed by atoms with Gasteiger partial charge in [0.25, 0.3) is 15.9 Å². The van der Waals surface area contributed by atoms with Crippen LogP contribution < -0.4 is 16.2 Å². The zero-order valence-electron chi connectivity index (χ0n) is 26.4. The second kappa shape index (κ2) is 12.3. The van der Waals surface area contributed by atoms with E-state index in [2.05, 4.69) is 14.7 Å². The number of nitrogens with one attached hydrogen (secondary N) is 1. The van der Waals surface area contributed by atoms with E-state index in [1.165, 1.54) is 80.8 Å². The van der Waals surface area contributed by atoms with Gasteiger partial charge >= 0.3 is 0 Å². The highest BCUT2D eigenvalue weighted by atomic mass is 32.2. The number of Topliss-reactive ketones (excluding diaryl/α,β-unsaturated/α-hetero) is 2. The second-order valence-electron chi connectivity index (χ2n) is 12.2. The lowest BCUT2D eigenvalue weighted by atomic mass is 9.54. The van der Waals surface area contributed by atoms with Crippen LogP contribution in [0.4, 0.5) is 11.6 Å². The van der Waals surface area contributed by atoms with Crippen molar-refractivity contribution in [3.63, 3.8) is 0 Å². The molecule has 2 aromatic carbocycles. The average molecular weight is 695 g/mol. The van der Waals surface area contributed by atoms with Crippen LogP contribution in [0.5, 0.6) is 5.75 Å². The van der Waals surface area contributed by atoms with Gasteiger partial charge in [-0.05, 0) is 69.4 Å². The van der Waals surface area contributed by atoms with Crippen LogP contribution in [0.15, 0.2) is 82.7 Å². The van der Waals surface area contributed by atoms with Gasteiger partial charge < -0.3 is 37.0 Å². The number of nitrogens with two attached hydrogens (primary N) is 2. The van der Waals surface area contributed by atoms with Crippen molar-refractivity contribution in [3.05, 3.63) is 89.0 Å². The van der Waals surface area contributed by atoms with Crippen molar-refractivity contribution in [2.75, 3.05) is 24.6 Å². The van der Waals surface area contributed by atoms with Crippen LogP contribution in [0.25, 0.3) is 5.76 Å². The molecule has 0 unspecified atom stereocenters. The summed E-state index contributed by atoms with van der Waals surface area (Å²) < 4.78 is 26.0. The van der Waals surface area contributed by atoms with Gasteiger partial charge in [-0.3, -0.25) is 19.3 Å². The zero-order valence-corrected chi connectivity index (χ0v) is 27.2. The number of aromatic hydroxyl groups is 1. The van der Waals surface area contributed by atoms with Crippen LogP contribution in [-0.4, -0.2) is 92.0 Å². The molecule has 0 aliphatic heterocycles. The Morgan fingerprint density at radius 2 is 1.61 bits per heavy atom. The molecule has 3 aromatic rings. The number of likely N-dealkylation sites (N-methyl/N-ethyl adjacent to an activating group) is 1. The number of phenolic OH excluding ortho intramolecular Hbond substituents is 1. The van der Waals surface area contributed by atoms with Crippen molar-refractivity contribution >= 4 is 44.9 Å². The van der Waals surface area contributed by atoms with E-state index in [1.807, 2.05) is 0 Å². The van der Waals surface area contributed by atoms with Gasteiger partial charge in [-0.1, -0.05) is 12.1 Å². The molecule has 3 aliphatic carbocycles. The molecule has 16 nitrogen and oxygen atoms in total. The average Bonchev–Trinajstić information content (AvgIpc) is 3.02. The number of carbonyl (C=O) groups is 3. The normalized spacial score (nSPS) is 26.3. The number of phenols is 1. The smallest absolute Gasteiger partial charge is 0.264 e. The predicted molar refractivity (Wildman–Crippen MR) is 174 cm³/mol. The number of amides is 1. The zero-order chi connectivity index (χ0) is 36.2. The molecule has 0 spiro atoms. The number of hydrogen-bond acceptors (Lipinski definition) is 14. The summed E-state index contributed by atoms with van der Waals surface area (Å²) in [6.07, 6.45) is 2.70. The molecule has 0 bridgehead atoms. The monoisotopic (exact) mass is 694 g/mol. The summed E-state index contributed by atoms with van der Waals surface area (Å²) in [6.45, 7) is 1.40. The van der Waals surface area contributed by atoms with Gasteiger partial charge in [0, 0.05) is 35.5 Å². The van der Waals surface area contributed by atoms with Crippen molar-refractivity contribution in [1.82, 2.24) is 14.9 Å². The van der Waals surface area contributed by atoms with Gasteiger partial charge in [-0.2, -0.15) is 0 Å². The molecule has 3 aliphatic rings. The lowest BCUT2D eigenvalue weighted by Crippen LogP contribution is -2.67. The minimum atomic E-state index is -3.66. The summed E-state index contributed by atoms with van der Waals surface area (Å²) in [4.78, 5) is 47.7. The maximum absolute atomic E-state index is 13.7. The largest absolute Gasteiger partial charge is 0.508 e. The van der Waals surface area contributed by atoms with E-state index in [0.29, 0.717) is 5.69 Å². The van der Waals surface area contributed by atoms with Crippen molar-refractivity contribution in [2.24, 2.45) is 17.6 Å². The van der Waals surface area contributed by atoms with Crippen LogP contribution >= 0.6 is 0 Å². The SMILES string of the molecule is CN(C)[C@@H]1C(=O)C(C(N)=O)=C(O)[C@@]2(O)C(=O)C3=C(O)c4c(O)cccc4[C@@](C)(O)[C@H]3C[C@@H]12.Nc1ccc(S(=O)(=O)Nc2ncccn2)cc1. The number of nitrogen functional groups attached to an aromatic ring is 1. The number of primary amides is 1. The molecule has 1 saturated carbocycles. The molecule has 49 heavy (non-hydrogen) atoms. The number of benzene rings is 2. The van der Waals surface area contributed by atoms with Crippen molar-refractivity contribution in [3.8, 4) is 5.75 Å². The summed E-state index contributed by atoms with van der Waals surface area (Å²) >= 11 is 0. The van der Waals surface area contributed by atoms with Crippen molar-refractivity contribution < 1.29 is 48.3 Å². The number of ketones is 2. The first kappa shape index (κ1) is 35.0. The summed E-state index contributed by atoms with van der Waals surface area (Å²) in [7, 11) is -0.653. The van der Waals surface area contributed by atoms with Crippen LogP contribution in [0.2, 0.25) is 0 Å². The van der Waals surface area contributed by atoms with Crippen LogP contribution in [0, 0.1) is 11.8 Å². The number of fused-ring (bicyclic) bond motifs is 3. The molecule has 0 saturated heterocycles. The number of hydrogen-bond donors (Lipinski definition) is 8. The molecule has 258 valence electrons. The molecule has 0 radical (unpaired) electrons. The number of anilines is 2. The third kappa shape index (κ3) is 5.65. The molecule has 1 amide bonds. The number of carbonyl (C=O) groups excluding carboxylic acids is 3. The predicted octanol–water partition coefficient (Wildman–Crippen LogP) is 0.489. The van der Waals surface area contributed by atoms with Gasteiger partial charge in [0.1, 0.15) is 22.8 Å². The highest BCUT2D eigenvalue weighted by Gasteiger charge is 2.66. The van der Waals surface area contributed by atoms with Crippen LogP contribution in [0.3, 0.4) is 0 Å². The van der Waals surface area contributed by atoms with Crippen LogP contribution in [-0.2, 0) is 30.0 Å². The van der Waals surface area contributed by atoms with Crippen LogP contribution in [0.1, 0.15) is 24.5 Å². The van der Waals surface area contributed by atoms with E-state index in [0.717, 1.165) is 0 Å². The van der Waals surface area contributed by atoms with Crippen molar-refractivity contribution in [1.29, 1.82) is 0 Å². The number of rotatable bonds is 5. The summed E-state index contributed by atoms with van der Waals surface area (Å²) in [5.41, 5.74) is 5.43. The number of nitrogens with zero attached hydrogens (tertiary/aromatic N) is 3. The molecule has 1 heterocycles. The highest BCUT2D eigenvalue weighted by Crippen LogP contribution is 2.57. The first-order chi connectivity index (χ1) is 22.8. The molecule has 1 fully saturated rings. The van der Waals surface area contributed by atoms with E-state index >= 15 is 0 Å². The number of aliphatic hydroxyl groups excluding tert-OH is 2. The lowest BCUT2D eigenvalue weighted by Gasteiger charge is -2.53. The fourth-order valence-electron chi connectivity index (χ4n) is 6.68. The number of aliphatic hydroxyl groups is 4. The Morgan fingerprint density at radius 3 is 2.18 bits per heavy atom. The van der Waals surface area contributed by atoms with E-state index in [4.69, 9.17) is 11.5 Å². The molecular weight excluding hydrogens is 660 g/mol. The summed E-state index contributed by atoms with van der Waals surface area (Å²) in [6, 6.07) is 10.5. The molecule has 1 aromatic heterocycles. The summed E-state index contributed by atoms with van der Waals surface area (Å²) in [5, 5.41) is 54.9. The highest BCUT2D eigenvalue weighted by molar-refractivity contribution is 7.92. The quantitative estimate of drug-likeness (QED) is 0.133. The topological polar surface area (TPSA) is 280 Å². The maximum Gasteiger partial charge on any atom is 0.264 e. The van der Waals surface area contributed by atoms with Gasteiger partial charge in [0.15, 0.2) is 11.4 Å². The Morgan fingerprint density at radius 1 is 1.00 bits per heavy atom. The van der Waals surface area contributed by atoms with E-state index in [9.17, 15) is 48.3 Å². The third-order valence-corrected chi connectivity index (χ3v) is 10.3. The number of aromatic nitrogens is 2. The van der Waals surface area contributed by atoms with Gasteiger partial charge in [0.05, 0.1) is 22.1 Å².